The van der Waals surface area contributed by atoms with E-state index < -0.39 is 0 Å². The Hall–Kier alpha value is -2.53. The number of phenols is 1. The Morgan fingerprint density at radius 3 is 2.46 bits per heavy atom. The predicted molar refractivity (Wildman–Crippen MR) is 107 cm³/mol. The van der Waals surface area contributed by atoms with Gasteiger partial charge in [0.1, 0.15) is 5.75 Å². The number of phenolic OH excluding ortho intramolecular Hbond substituents is 1. The Morgan fingerprint density at radius 2 is 1.75 bits per heavy atom. The van der Waals surface area contributed by atoms with E-state index in [2.05, 4.69) is 0 Å². The average Bonchev–Trinajstić information content (AvgIpc) is 2.98. The largest absolute Gasteiger partial charge is 0.508 e. The molecule has 1 N–H and O–H groups in total. The van der Waals surface area contributed by atoms with Crippen molar-refractivity contribution in [3.05, 3.63) is 64.7 Å². The molecular formula is C22H23ClN2O3. The van der Waals surface area contributed by atoms with Gasteiger partial charge in [-0.05, 0) is 55.2 Å². The van der Waals surface area contributed by atoms with Gasteiger partial charge >= 0.3 is 0 Å². The second kappa shape index (κ2) is 7.47. The molecule has 0 bridgehead atoms. The van der Waals surface area contributed by atoms with Crippen LogP contribution in [0.15, 0.2) is 48.5 Å². The molecule has 2 saturated heterocycles. The third-order valence-electron chi connectivity index (χ3n) is 5.96. The number of hydrogen-bond acceptors (Lipinski definition) is 3. The van der Waals surface area contributed by atoms with Crippen LogP contribution in [0.3, 0.4) is 0 Å². The van der Waals surface area contributed by atoms with Gasteiger partial charge in [0.15, 0.2) is 0 Å². The Morgan fingerprint density at radius 1 is 1.04 bits per heavy atom. The molecule has 0 aromatic heterocycles. The highest BCUT2D eigenvalue weighted by Gasteiger charge is 2.48. The molecule has 2 aromatic carbocycles. The van der Waals surface area contributed by atoms with Crippen LogP contribution in [0.2, 0.25) is 5.02 Å². The van der Waals surface area contributed by atoms with E-state index in [4.69, 9.17) is 11.6 Å². The topological polar surface area (TPSA) is 60.9 Å². The molecule has 1 spiro atoms. The number of benzene rings is 2. The maximum absolute atomic E-state index is 13.1. The molecule has 0 aliphatic carbocycles. The van der Waals surface area contributed by atoms with Gasteiger partial charge in [0.2, 0.25) is 5.91 Å². The lowest BCUT2D eigenvalue weighted by Gasteiger charge is -2.38. The van der Waals surface area contributed by atoms with E-state index in [0.29, 0.717) is 43.1 Å². The number of likely N-dealkylation sites (tertiary alicyclic amines) is 2. The number of carbonyl (C=O) groups is 2. The zero-order chi connectivity index (χ0) is 19.7. The van der Waals surface area contributed by atoms with Crippen molar-refractivity contribution in [3.8, 4) is 5.75 Å². The van der Waals surface area contributed by atoms with E-state index in [1.807, 2.05) is 29.2 Å². The smallest absolute Gasteiger partial charge is 0.253 e. The minimum atomic E-state index is -0.353. The van der Waals surface area contributed by atoms with Crippen LogP contribution in [0.1, 0.15) is 35.2 Å². The summed E-state index contributed by atoms with van der Waals surface area (Å²) in [6.45, 7) is 2.44. The minimum absolute atomic E-state index is 0.0851. The van der Waals surface area contributed by atoms with Crippen molar-refractivity contribution in [3.63, 3.8) is 0 Å². The van der Waals surface area contributed by atoms with Gasteiger partial charge in [0, 0.05) is 36.8 Å². The first kappa shape index (κ1) is 18.8. The summed E-state index contributed by atoms with van der Waals surface area (Å²) >= 11 is 6.06. The van der Waals surface area contributed by atoms with Crippen LogP contribution >= 0.6 is 11.6 Å². The fraction of sp³-hybridized carbons (Fsp3) is 0.364. The van der Waals surface area contributed by atoms with Gasteiger partial charge in [-0.2, -0.15) is 0 Å². The number of amides is 2. The average molecular weight is 399 g/mol. The van der Waals surface area contributed by atoms with Crippen molar-refractivity contribution in [2.45, 2.75) is 25.8 Å². The highest BCUT2D eigenvalue weighted by Crippen LogP contribution is 2.42. The zero-order valence-electron chi connectivity index (χ0n) is 15.6. The Balaban J connectivity index is 1.40. The molecule has 2 aliphatic heterocycles. The molecule has 5 nitrogen and oxygen atoms in total. The number of halogens is 1. The predicted octanol–water partition coefficient (Wildman–Crippen LogP) is 3.70. The van der Waals surface area contributed by atoms with Crippen molar-refractivity contribution in [2.75, 3.05) is 19.6 Å². The molecule has 2 heterocycles. The molecule has 0 radical (unpaired) electrons. The van der Waals surface area contributed by atoms with Crippen LogP contribution in [0.5, 0.6) is 5.75 Å². The third kappa shape index (κ3) is 3.59. The monoisotopic (exact) mass is 398 g/mol. The van der Waals surface area contributed by atoms with Gasteiger partial charge in [0.25, 0.3) is 5.91 Å². The van der Waals surface area contributed by atoms with Crippen LogP contribution in [-0.4, -0.2) is 46.4 Å². The van der Waals surface area contributed by atoms with Gasteiger partial charge in [-0.15, -0.1) is 0 Å². The number of nitrogens with zero attached hydrogens (tertiary/aromatic N) is 2. The fourth-order valence-electron chi connectivity index (χ4n) is 4.32. The summed E-state index contributed by atoms with van der Waals surface area (Å²) in [5.41, 5.74) is 1.17. The van der Waals surface area contributed by atoms with Crippen molar-refractivity contribution in [1.82, 2.24) is 9.80 Å². The maximum Gasteiger partial charge on any atom is 0.253 e. The number of carbonyl (C=O) groups excluding carboxylic acids is 2. The van der Waals surface area contributed by atoms with Gasteiger partial charge in [0.05, 0.1) is 5.41 Å². The van der Waals surface area contributed by atoms with Crippen molar-refractivity contribution < 1.29 is 14.7 Å². The first-order valence-electron chi connectivity index (χ1n) is 9.59. The van der Waals surface area contributed by atoms with Crippen LogP contribution in [-0.2, 0) is 11.3 Å². The lowest BCUT2D eigenvalue weighted by molar-refractivity contribution is -0.138. The molecular weight excluding hydrogens is 376 g/mol. The number of hydrogen-bond donors (Lipinski definition) is 1. The Labute approximate surface area is 169 Å². The maximum atomic E-state index is 13.1. The molecule has 2 aromatic rings. The van der Waals surface area contributed by atoms with Gasteiger partial charge in [-0.3, -0.25) is 9.59 Å². The molecule has 0 unspecified atom stereocenters. The third-order valence-corrected chi connectivity index (χ3v) is 6.20. The molecule has 0 atom stereocenters. The second-order valence-electron chi connectivity index (χ2n) is 7.73. The molecule has 2 amide bonds. The van der Waals surface area contributed by atoms with E-state index in [9.17, 15) is 14.7 Å². The lowest BCUT2D eigenvalue weighted by Crippen LogP contribution is -2.46. The van der Waals surface area contributed by atoms with Gasteiger partial charge < -0.3 is 14.9 Å². The summed E-state index contributed by atoms with van der Waals surface area (Å²) in [5, 5.41) is 10.3. The number of aromatic hydroxyl groups is 1. The van der Waals surface area contributed by atoms with Crippen LogP contribution in [0.25, 0.3) is 0 Å². The van der Waals surface area contributed by atoms with Crippen LogP contribution < -0.4 is 0 Å². The van der Waals surface area contributed by atoms with Crippen molar-refractivity contribution >= 4 is 23.4 Å². The normalized spacial score (nSPS) is 18.7. The summed E-state index contributed by atoms with van der Waals surface area (Å²) in [5.74, 6) is 0.186. The highest BCUT2D eigenvalue weighted by molar-refractivity contribution is 6.30. The Bertz CT molecular complexity index is 906. The van der Waals surface area contributed by atoms with Crippen molar-refractivity contribution in [2.24, 2.45) is 5.41 Å². The van der Waals surface area contributed by atoms with Crippen molar-refractivity contribution in [1.29, 1.82) is 0 Å². The van der Waals surface area contributed by atoms with Crippen LogP contribution in [0, 0.1) is 5.41 Å². The van der Waals surface area contributed by atoms with E-state index in [1.165, 1.54) is 6.07 Å². The highest BCUT2D eigenvalue weighted by atomic mass is 35.5. The first-order valence-corrected chi connectivity index (χ1v) is 9.97. The Kier molecular flexibility index (Phi) is 5.02. The van der Waals surface area contributed by atoms with E-state index in [-0.39, 0.29) is 23.0 Å². The van der Waals surface area contributed by atoms with E-state index in [1.54, 1.807) is 23.1 Å². The first-order chi connectivity index (χ1) is 13.5. The van der Waals surface area contributed by atoms with Gasteiger partial charge in [-0.25, -0.2) is 0 Å². The second-order valence-corrected chi connectivity index (χ2v) is 8.17. The molecule has 2 aliphatic rings. The van der Waals surface area contributed by atoms with Gasteiger partial charge in [-0.1, -0.05) is 29.8 Å². The summed E-state index contributed by atoms with van der Waals surface area (Å²) in [6, 6.07) is 14.0. The molecule has 4 rings (SSSR count). The SMILES string of the molecule is O=C(c1cccc(O)c1)N1CCC2(CC1)CCN(Cc1cccc(Cl)c1)C2=O. The lowest BCUT2D eigenvalue weighted by atomic mass is 9.77. The summed E-state index contributed by atoms with van der Waals surface area (Å²) in [6.07, 6.45) is 2.20. The quantitative estimate of drug-likeness (QED) is 0.857. The number of rotatable bonds is 3. The summed E-state index contributed by atoms with van der Waals surface area (Å²) in [4.78, 5) is 29.5. The molecule has 6 heteroatoms. The van der Waals surface area contributed by atoms with Crippen LogP contribution in [0.4, 0.5) is 0 Å². The number of piperidine rings is 1. The molecule has 0 saturated carbocycles. The zero-order valence-corrected chi connectivity index (χ0v) is 16.4. The summed E-state index contributed by atoms with van der Waals surface area (Å²) < 4.78 is 0. The fourth-order valence-corrected chi connectivity index (χ4v) is 4.54. The van der Waals surface area contributed by atoms with E-state index >= 15 is 0 Å². The van der Waals surface area contributed by atoms with E-state index in [0.717, 1.165) is 18.5 Å². The summed E-state index contributed by atoms with van der Waals surface area (Å²) in [7, 11) is 0. The molecule has 146 valence electrons. The molecule has 2 fully saturated rings. The minimum Gasteiger partial charge on any atom is -0.508 e. The molecule has 28 heavy (non-hydrogen) atoms. The standard InChI is InChI=1S/C22H23ClN2O3/c23-18-5-1-3-16(13-18)15-25-12-9-22(21(25)28)7-10-24(11-8-22)20(27)17-4-2-6-19(26)14-17/h1-6,13-14,26H,7-12,15H2.